The van der Waals surface area contributed by atoms with E-state index in [-0.39, 0.29) is 16.9 Å². The molecule has 5 heteroatoms. The molecule has 1 aromatic carbocycles. The Labute approximate surface area is 102 Å². The highest BCUT2D eigenvalue weighted by Crippen LogP contribution is 2.29. The summed E-state index contributed by atoms with van der Waals surface area (Å²) in [6.45, 7) is 1.23. The summed E-state index contributed by atoms with van der Waals surface area (Å²) in [6, 6.07) is 7.00. The molecule has 0 aliphatic rings. The Morgan fingerprint density at radius 1 is 1.17 bits per heavy atom. The molecule has 2 nitrogen and oxygen atoms in total. The molecule has 2 aromatic rings. The Morgan fingerprint density at radius 2 is 1.94 bits per heavy atom. The van der Waals surface area contributed by atoms with Gasteiger partial charge in [0, 0.05) is 6.20 Å². The van der Waals surface area contributed by atoms with E-state index >= 15 is 0 Å². The Bertz CT molecular complexity index is 541. The van der Waals surface area contributed by atoms with Gasteiger partial charge in [-0.2, -0.15) is 0 Å². The van der Waals surface area contributed by atoms with Gasteiger partial charge in [0.15, 0.2) is 12.1 Å². The van der Waals surface area contributed by atoms with Crippen molar-refractivity contribution in [2.24, 2.45) is 0 Å². The Morgan fingerprint density at radius 3 is 2.56 bits per heavy atom. The monoisotopic (exact) mass is 252 g/mol. The van der Waals surface area contributed by atoms with Crippen LogP contribution in [0.5, 0.6) is 0 Å². The summed E-state index contributed by atoms with van der Waals surface area (Å²) in [5, 5.41) is 2.27. The van der Waals surface area contributed by atoms with E-state index in [9.17, 15) is 13.2 Å². The van der Waals surface area contributed by atoms with E-state index in [4.69, 9.17) is 0 Å². The second-order valence-corrected chi connectivity index (χ2v) is 3.76. The summed E-state index contributed by atoms with van der Waals surface area (Å²) in [7, 11) is 0. The number of anilines is 1. The van der Waals surface area contributed by atoms with Gasteiger partial charge in [0.2, 0.25) is 0 Å². The van der Waals surface area contributed by atoms with E-state index in [1.807, 2.05) is 0 Å². The zero-order valence-corrected chi connectivity index (χ0v) is 9.62. The van der Waals surface area contributed by atoms with E-state index in [2.05, 4.69) is 10.3 Å². The first-order valence-corrected chi connectivity index (χ1v) is 5.39. The second kappa shape index (κ2) is 5.08. The standard InChI is InChI=1S/C13H11F3N2/c1-8(14)18-11-6-5-9(15)12(13(11)16)10-4-2-3-7-17-10/h2-8,18H,1H3. The van der Waals surface area contributed by atoms with Crippen molar-refractivity contribution in [3.8, 4) is 11.3 Å². The molecular weight excluding hydrogens is 241 g/mol. The molecule has 0 amide bonds. The van der Waals surface area contributed by atoms with Crippen molar-refractivity contribution < 1.29 is 13.2 Å². The lowest BCUT2D eigenvalue weighted by Crippen LogP contribution is -2.10. The average molecular weight is 252 g/mol. The molecule has 0 bridgehead atoms. The van der Waals surface area contributed by atoms with Crippen molar-refractivity contribution in [2.45, 2.75) is 13.2 Å². The minimum absolute atomic E-state index is 0.0907. The lowest BCUT2D eigenvalue weighted by atomic mass is 10.1. The van der Waals surface area contributed by atoms with Crippen LogP contribution in [0, 0.1) is 11.6 Å². The highest BCUT2D eigenvalue weighted by molar-refractivity contribution is 5.67. The zero-order valence-electron chi connectivity index (χ0n) is 9.62. The van der Waals surface area contributed by atoms with Crippen molar-refractivity contribution in [3.05, 3.63) is 48.2 Å². The van der Waals surface area contributed by atoms with Crippen molar-refractivity contribution >= 4 is 5.69 Å². The molecule has 1 heterocycles. The van der Waals surface area contributed by atoms with Gasteiger partial charge >= 0.3 is 0 Å². The van der Waals surface area contributed by atoms with E-state index < -0.39 is 17.9 Å². The third-order valence-electron chi connectivity index (χ3n) is 2.37. The van der Waals surface area contributed by atoms with Gasteiger partial charge in [0.25, 0.3) is 0 Å². The van der Waals surface area contributed by atoms with Crippen LogP contribution in [0.15, 0.2) is 36.5 Å². The highest BCUT2D eigenvalue weighted by Gasteiger charge is 2.17. The van der Waals surface area contributed by atoms with Gasteiger partial charge in [0.1, 0.15) is 5.82 Å². The maximum Gasteiger partial charge on any atom is 0.167 e. The normalized spacial score (nSPS) is 12.2. The number of rotatable bonds is 3. The van der Waals surface area contributed by atoms with Gasteiger partial charge in [-0.15, -0.1) is 0 Å². The highest BCUT2D eigenvalue weighted by atomic mass is 19.1. The fraction of sp³-hybridized carbons (Fsp3) is 0.154. The lowest BCUT2D eigenvalue weighted by Gasteiger charge is -2.12. The largest absolute Gasteiger partial charge is 0.354 e. The molecule has 0 saturated heterocycles. The molecule has 1 aromatic heterocycles. The van der Waals surface area contributed by atoms with Gasteiger partial charge in [-0.1, -0.05) is 6.07 Å². The van der Waals surface area contributed by atoms with Gasteiger partial charge < -0.3 is 5.32 Å². The first kappa shape index (κ1) is 12.4. The first-order valence-electron chi connectivity index (χ1n) is 5.39. The van der Waals surface area contributed by atoms with Crippen LogP contribution >= 0.6 is 0 Å². The predicted molar refractivity (Wildman–Crippen MR) is 63.8 cm³/mol. The molecule has 1 unspecified atom stereocenters. The number of aromatic nitrogens is 1. The molecule has 0 fully saturated rings. The molecule has 18 heavy (non-hydrogen) atoms. The SMILES string of the molecule is CC(F)Nc1ccc(F)c(-c2ccccn2)c1F. The number of pyridine rings is 1. The topological polar surface area (TPSA) is 24.9 Å². The summed E-state index contributed by atoms with van der Waals surface area (Å²) in [5.74, 6) is -1.58. The van der Waals surface area contributed by atoms with Gasteiger partial charge in [-0.05, 0) is 31.2 Å². The van der Waals surface area contributed by atoms with Crippen LogP contribution in [0.1, 0.15) is 6.92 Å². The molecule has 1 atom stereocenters. The number of benzene rings is 1. The molecule has 1 N–H and O–H groups in total. The van der Waals surface area contributed by atoms with Crippen molar-refractivity contribution in [3.63, 3.8) is 0 Å². The third-order valence-corrected chi connectivity index (χ3v) is 2.37. The van der Waals surface area contributed by atoms with Gasteiger partial charge in [-0.25, -0.2) is 13.2 Å². The molecule has 0 aliphatic carbocycles. The maximum atomic E-state index is 14.1. The number of nitrogens with one attached hydrogen (secondary N) is 1. The molecule has 2 rings (SSSR count). The summed E-state index contributed by atoms with van der Waals surface area (Å²) in [6.07, 6.45) is 0.00748. The Kier molecular flexibility index (Phi) is 3.50. The first-order chi connectivity index (χ1) is 8.59. The molecule has 0 aliphatic heterocycles. The molecular formula is C13H11F3N2. The van der Waals surface area contributed by atoms with E-state index in [1.165, 1.54) is 19.2 Å². The molecule has 0 saturated carbocycles. The quantitative estimate of drug-likeness (QED) is 0.841. The summed E-state index contributed by atoms with van der Waals surface area (Å²) in [4.78, 5) is 3.89. The van der Waals surface area contributed by atoms with Crippen LogP contribution in [0.3, 0.4) is 0 Å². The van der Waals surface area contributed by atoms with Gasteiger partial charge in [-0.3, -0.25) is 4.98 Å². The van der Waals surface area contributed by atoms with E-state index in [0.29, 0.717) is 0 Å². The van der Waals surface area contributed by atoms with Crippen molar-refractivity contribution in [1.29, 1.82) is 0 Å². The molecule has 0 spiro atoms. The number of alkyl halides is 1. The van der Waals surface area contributed by atoms with Crippen molar-refractivity contribution in [2.75, 3.05) is 5.32 Å². The van der Waals surface area contributed by atoms with Crippen LogP contribution < -0.4 is 5.32 Å². The lowest BCUT2D eigenvalue weighted by molar-refractivity contribution is 0.400. The number of hydrogen-bond donors (Lipinski definition) is 1. The minimum atomic E-state index is -1.43. The Balaban J connectivity index is 2.53. The third kappa shape index (κ3) is 2.45. The summed E-state index contributed by atoms with van der Waals surface area (Å²) < 4.78 is 40.5. The Hall–Kier alpha value is -2.04. The average Bonchev–Trinajstić information content (AvgIpc) is 2.34. The number of nitrogens with zero attached hydrogens (tertiary/aromatic N) is 1. The van der Waals surface area contributed by atoms with Crippen LogP contribution in [0.2, 0.25) is 0 Å². The van der Waals surface area contributed by atoms with Crippen molar-refractivity contribution in [1.82, 2.24) is 4.98 Å². The van der Waals surface area contributed by atoms with E-state index in [1.54, 1.807) is 12.1 Å². The predicted octanol–water partition coefficient (Wildman–Crippen LogP) is 3.75. The number of hydrogen-bond acceptors (Lipinski definition) is 2. The smallest absolute Gasteiger partial charge is 0.167 e. The number of halogens is 3. The minimum Gasteiger partial charge on any atom is -0.354 e. The van der Waals surface area contributed by atoms with Crippen LogP contribution in [-0.4, -0.2) is 11.3 Å². The van der Waals surface area contributed by atoms with Crippen LogP contribution in [0.4, 0.5) is 18.9 Å². The second-order valence-electron chi connectivity index (χ2n) is 3.76. The maximum absolute atomic E-state index is 14.1. The molecule has 0 radical (unpaired) electrons. The zero-order chi connectivity index (χ0) is 13.1. The fourth-order valence-corrected chi connectivity index (χ4v) is 1.62. The molecule has 94 valence electrons. The fourth-order valence-electron chi connectivity index (χ4n) is 1.62. The van der Waals surface area contributed by atoms with Crippen LogP contribution in [-0.2, 0) is 0 Å². The summed E-state index contributed by atoms with van der Waals surface area (Å²) in [5.41, 5.74) is -0.184. The van der Waals surface area contributed by atoms with Gasteiger partial charge in [0.05, 0.1) is 16.9 Å². The van der Waals surface area contributed by atoms with E-state index in [0.717, 1.165) is 12.1 Å². The summed E-state index contributed by atoms with van der Waals surface area (Å²) >= 11 is 0. The van der Waals surface area contributed by atoms with Crippen LogP contribution in [0.25, 0.3) is 11.3 Å².